The van der Waals surface area contributed by atoms with Gasteiger partial charge in [0.2, 0.25) is 0 Å². The van der Waals surface area contributed by atoms with Gasteiger partial charge in [-0.15, -0.1) is 0 Å². The number of carbonyl (C=O) groups is 2. The van der Waals surface area contributed by atoms with Crippen LogP contribution in [0.4, 0.5) is 0 Å². The lowest BCUT2D eigenvalue weighted by molar-refractivity contribution is -0.139. The van der Waals surface area contributed by atoms with Gasteiger partial charge in [0.05, 0.1) is 0 Å². The number of aliphatic carboxylic acids is 1. The minimum atomic E-state index is -1.01. The van der Waals surface area contributed by atoms with E-state index in [1.165, 1.54) is 0 Å². The van der Waals surface area contributed by atoms with Crippen LogP contribution in [0.1, 0.15) is 30.6 Å². The number of nitrogens with one attached hydrogen (secondary N) is 2. The molecule has 2 rings (SSSR count). The summed E-state index contributed by atoms with van der Waals surface area (Å²) in [4.78, 5) is 26.5. The van der Waals surface area contributed by atoms with Crippen molar-refractivity contribution in [2.24, 2.45) is 5.92 Å². The molecule has 1 aromatic carbocycles. The van der Waals surface area contributed by atoms with E-state index in [4.69, 9.17) is 0 Å². The largest absolute Gasteiger partial charge is 0.480 e. The lowest BCUT2D eigenvalue weighted by Gasteiger charge is -2.16. The van der Waals surface area contributed by atoms with Gasteiger partial charge in [0.15, 0.2) is 0 Å². The molecule has 1 amide bonds. The molecule has 0 saturated heterocycles. The summed E-state index contributed by atoms with van der Waals surface area (Å²) in [5.41, 5.74) is 1.34. The highest BCUT2D eigenvalue weighted by Crippen LogP contribution is 2.17. The van der Waals surface area contributed by atoms with E-state index >= 15 is 0 Å². The Morgan fingerprint density at radius 3 is 2.70 bits per heavy atom. The van der Waals surface area contributed by atoms with E-state index in [-0.39, 0.29) is 11.8 Å². The van der Waals surface area contributed by atoms with E-state index in [9.17, 15) is 14.7 Å². The molecule has 0 radical (unpaired) electrons. The van der Waals surface area contributed by atoms with Crippen LogP contribution in [0.5, 0.6) is 0 Å². The molecule has 0 aliphatic heterocycles. The Morgan fingerprint density at radius 2 is 2.05 bits per heavy atom. The van der Waals surface area contributed by atoms with Crippen LogP contribution in [-0.2, 0) is 4.79 Å². The standard InChI is InChI=1S/C15H18N2O3/c1-9(2)8-13(15(19)20)17-14(18)11-4-3-5-12-10(11)6-7-16-12/h3-7,9,13,16H,8H2,1-2H3,(H,17,18)(H,19,20). The fraction of sp³-hybridized carbons (Fsp3) is 0.333. The van der Waals surface area contributed by atoms with Gasteiger partial charge in [-0.2, -0.15) is 0 Å². The second-order valence-corrected chi connectivity index (χ2v) is 5.24. The zero-order chi connectivity index (χ0) is 14.7. The van der Waals surface area contributed by atoms with Gasteiger partial charge >= 0.3 is 5.97 Å². The number of amides is 1. The normalized spacial score (nSPS) is 12.6. The van der Waals surface area contributed by atoms with Gasteiger partial charge < -0.3 is 15.4 Å². The van der Waals surface area contributed by atoms with Crippen molar-refractivity contribution in [3.8, 4) is 0 Å². The van der Waals surface area contributed by atoms with Crippen molar-refractivity contribution in [3.05, 3.63) is 36.0 Å². The number of carboxylic acids is 1. The first-order valence-corrected chi connectivity index (χ1v) is 6.59. The molecule has 1 heterocycles. The van der Waals surface area contributed by atoms with Gasteiger partial charge in [0.1, 0.15) is 6.04 Å². The lowest BCUT2D eigenvalue weighted by atomic mass is 10.0. The zero-order valence-electron chi connectivity index (χ0n) is 11.5. The highest BCUT2D eigenvalue weighted by atomic mass is 16.4. The number of benzene rings is 1. The van der Waals surface area contributed by atoms with E-state index < -0.39 is 12.0 Å². The summed E-state index contributed by atoms with van der Waals surface area (Å²) >= 11 is 0. The number of rotatable bonds is 5. The van der Waals surface area contributed by atoms with Gasteiger partial charge in [-0.3, -0.25) is 4.79 Å². The van der Waals surface area contributed by atoms with Gasteiger partial charge in [0.25, 0.3) is 5.91 Å². The Labute approximate surface area is 117 Å². The molecular formula is C15H18N2O3. The number of H-pyrrole nitrogens is 1. The molecule has 0 bridgehead atoms. The molecule has 0 saturated carbocycles. The number of hydrogen-bond acceptors (Lipinski definition) is 2. The molecule has 20 heavy (non-hydrogen) atoms. The second kappa shape index (κ2) is 5.77. The maximum Gasteiger partial charge on any atom is 0.326 e. The summed E-state index contributed by atoms with van der Waals surface area (Å²) in [5.74, 6) is -1.17. The fourth-order valence-electron chi connectivity index (χ4n) is 2.21. The highest BCUT2D eigenvalue weighted by molar-refractivity contribution is 6.07. The lowest BCUT2D eigenvalue weighted by Crippen LogP contribution is -2.41. The molecule has 1 atom stereocenters. The van der Waals surface area contributed by atoms with Crippen molar-refractivity contribution in [3.63, 3.8) is 0 Å². The SMILES string of the molecule is CC(C)CC(NC(=O)c1cccc2[nH]ccc12)C(=O)O. The van der Waals surface area contributed by atoms with E-state index in [1.807, 2.05) is 26.0 Å². The number of carboxylic acid groups (broad SMARTS) is 1. The zero-order valence-corrected chi connectivity index (χ0v) is 11.5. The molecule has 0 spiro atoms. The molecular weight excluding hydrogens is 256 g/mol. The van der Waals surface area contributed by atoms with Crippen molar-refractivity contribution < 1.29 is 14.7 Å². The molecule has 106 valence electrons. The number of aromatic nitrogens is 1. The predicted octanol–water partition coefficient (Wildman–Crippen LogP) is 2.40. The van der Waals surface area contributed by atoms with Crippen molar-refractivity contribution in [2.75, 3.05) is 0 Å². The van der Waals surface area contributed by atoms with Crippen LogP contribution in [0.15, 0.2) is 30.5 Å². The minimum absolute atomic E-state index is 0.194. The second-order valence-electron chi connectivity index (χ2n) is 5.24. The maximum atomic E-state index is 12.3. The molecule has 5 nitrogen and oxygen atoms in total. The topological polar surface area (TPSA) is 82.2 Å². The third kappa shape index (κ3) is 2.99. The quantitative estimate of drug-likeness (QED) is 0.783. The van der Waals surface area contributed by atoms with Crippen molar-refractivity contribution in [2.45, 2.75) is 26.3 Å². The van der Waals surface area contributed by atoms with Crippen LogP contribution in [0.2, 0.25) is 0 Å². The Bertz CT molecular complexity index is 631. The Kier molecular flexibility index (Phi) is 4.08. The monoisotopic (exact) mass is 274 g/mol. The number of carbonyl (C=O) groups excluding carboxylic acids is 1. The van der Waals surface area contributed by atoms with E-state index in [0.29, 0.717) is 12.0 Å². The number of fused-ring (bicyclic) bond motifs is 1. The van der Waals surface area contributed by atoms with Crippen molar-refractivity contribution in [1.82, 2.24) is 10.3 Å². The van der Waals surface area contributed by atoms with Crippen LogP contribution in [-0.4, -0.2) is 28.0 Å². The van der Waals surface area contributed by atoms with Crippen LogP contribution < -0.4 is 5.32 Å². The Hall–Kier alpha value is -2.30. The Morgan fingerprint density at radius 1 is 1.30 bits per heavy atom. The third-order valence-corrected chi connectivity index (χ3v) is 3.15. The molecule has 1 unspecified atom stereocenters. The third-order valence-electron chi connectivity index (χ3n) is 3.15. The molecule has 0 aliphatic rings. The average Bonchev–Trinajstić information content (AvgIpc) is 2.84. The maximum absolute atomic E-state index is 12.3. The summed E-state index contributed by atoms with van der Waals surface area (Å²) in [6, 6.07) is 6.28. The van der Waals surface area contributed by atoms with E-state index in [2.05, 4.69) is 10.3 Å². The van der Waals surface area contributed by atoms with Gasteiger partial charge in [-0.1, -0.05) is 19.9 Å². The number of hydrogen-bond donors (Lipinski definition) is 3. The molecule has 0 aliphatic carbocycles. The van der Waals surface area contributed by atoms with Gasteiger partial charge in [0, 0.05) is 22.7 Å². The summed E-state index contributed by atoms with van der Waals surface area (Å²) in [6.45, 7) is 3.85. The van der Waals surface area contributed by atoms with Crippen LogP contribution >= 0.6 is 0 Å². The van der Waals surface area contributed by atoms with Crippen LogP contribution in [0, 0.1) is 5.92 Å². The summed E-state index contributed by atoms with van der Waals surface area (Å²) in [5, 5.41) is 12.6. The molecule has 0 fully saturated rings. The smallest absolute Gasteiger partial charge is 0.326 e. The van der Waals surface area contributed by atoms with Crippen molar-refractivity contribution in [1.29, 1.82) is 0 Å². The average molecular weight is 274 g/mol. The number of aromatic amines is 1. The van der Waals surface area contributed by atoms with E-state index in [0.717, 1.165) is 10.9 Å². The minimum Gasteiger partial charge on any atom is -0.480 e. The molecule has 3 N–H and O–H groups in total. The van der Waals surface area contributed by atoms with Crippen LogP contribution in [0.3, 0.4) is 0 Å². The fourth-order valence-corrected chi connectivity index (χ4v) is 2.21. The first-order valence-electron chi connectivity index (χ1n) is 6.59. The predicted molar refractivity (Wildman–Crippen MR) is 76.6 cm³/mol. The van der Waals surface area contributed by atoms with Crippen molar-refractivity contribution >= 4 is 22.8 Å². The summed E-state index contributed by atoms with van der Waals surface area (Å²) in [7, 11) is 0. The first-order chi connectivity index (χ1) is 9.49. The highest BCUT2D eigenvalue weighted by Gasteiger charge is 2.22. The summed E-state index contributed by atoms with van der Waals surface area (Å²) < 4.78 is 0. The van der Waals surface area contributed by atoms with Crippen LogP contribution in [0.25, 0.3) is 10.9 Å². The molecule has 2 aromatic rings. The van der Waals surface area contributed by atoms with Gasteiger partial charge in [-0.05, 0) is 30.5 Å². The molecule has 1 aromatic heterocycles. The Balaban J connectivity index is 2.22. The first kappa shape index (κ1) is 14.1. The van der Waals surface area contributed by atoms with Gasteiger partial charge in [-0.25, -0.2) is 4.79 Å². The summed E-state index contributed by atoms with van der Waals surface area (Å²) in [6.07, 6.45) is 2.16. The van der Waals surface area contributed by atoms with E-state index in [1.54, 1.807) is 18.3 Å². The molecule has 5 heteroatoms.